The quantitative estimate of drug-likeness (QED) is 0.657. The fourth-order valence-corrected chi connectivity index (χ4v) is 4.31. The molecule has 1 unspecified atom stereocenters. The van der Waals surface area contributed by atoms with Crippen molar-refractivity contribution in [2.75, 3.05) is 11.9 Å². The predicted molar refractivity (Wildman–Crippen MR) is 111 cm³/mol. The number of nitrogens with one attached hydrogen (secondary N) is 1. The SMILES string of the molecule is Cc1sc(NC(=O)C2CC(=O)N(Cc3ccccc3)C2)nc1-c1ccc(F)c(F)c1. The van der Waals surface area contributed by atoms with Crippen LogP contribution in [0.4, 0.5) is 13.9 Å². The number of carbonyl (C=O) groups excluding carboxylic acids is 2. The smallest absolute Gasteiger partial charge is 0.231 e. The van der Waals surface area contributed by atoms with Gasteiger partial charge in [0, 0.05) is 30.0 Å². The Labute approximate surface area is 176 Å². The summed E-state index contributed by atoms with van der Waals surface area (Å²) < 4.78 is 26.7. The number of anilines is 1. The molecule has 2 heterocycles. The van der Waals surface area contributed by atoms with Crippen molar-refractivity contribution in [1.82, 2.24) is 9.88 Å². The van der Waals surface area contributed by atoms with Crippen LogP contribution in [0.2, 0.25) is 0 Å². The van der Waals surface area contributed by atoms with E-state index in [0.29, 0.717) is 29.5 Å². The molecule has 30 heavy (non-hydrogen) atoms. The highest BCUT2D eigenvalue weighted by Gasteiger charge is 2.34. The highest BCUT2D eigenvalue weighted by atomic mass is 32.1. The summed E-state index contributed by atoms with van der Waals surface area (Å²) in [4.78, 5) is 31.8. The second-order valence-corrected chi connectivity index (χ2v) is 8.41. The second-order valence-electron chi connectivity index (χ2n) is 7.20. The molecule has 1 N–H and O–H groups in total. The van der Waals surface area contributed by atoms with E-state index in [9.17, 15) is 18.4 Å². The lowest BCUT2D eigenvalue weighted by Crippen LogP contribution is -2.28. The van der Waals surface area contributed by atoms with Crippen LogP contribution in [0, 0.1) is 24.5 Å². The Kier molecular flexibility index (Phi) is 5.59. The van der Waals surface area contributed by atoms with E-state index in [0.717, 1.165) is 22.6 Å². The van der Waals surface area contributed by atoms with Crippen molar-refractivity contribution < 1.29 is 18.4 Å². The van der Waals surface area contributed by atoms with Crippen molar-refractivity contribution in [2.45, 2.75) is 19.9 Å². The molecule has 0 bridgehead atoms. The van der Waals surface area contributed by atoms with Gasteiger partial charge in [0.2, 0.25) is 11.8 Å². The van der Waals surface area contributed by atoms with Crippen molar-refractivity contribution in [2.24, 2.45) is 5.92 Å². The summed E-state index contributed by atoms with van der Waals surface area (Å²) in [7, 11) is 0. The molecule has 0 radical (unpaired) electrons. The zero-order valence-electron chi connectivity index (χ0n) is 16.2. The second kappa shape index (κ2) is 8.31. The van der Waals surface area contributed by atoms with Gasteiger partial charge in [-0.3, -0.25) is 9.59 Å². The molecule has 4 rings (SSSR count). The van der Waals surface area contributed by atoms with E-state index in [1.54, 1.807) is 11.8 Å². The van der Waals surface area contributed by atoms with Gasteiger partial charge in [0.15, 0.2) is 16.8 Å². The fourth-order valence-electron chi connectivity index (χ4n) is 3.47. The molecule has 1 fully saturated rings. The standard InChI is InChI=1S/C22H19F2N3O2S/c1-13-20(15-7-8-17(23)18(24)9-15)25-22(30-13)26-21(29)16-10-19(28)27(12-16)11-14-5-3-2-4-6-14/h2-9,16H,10-12H2,1H3,(H,25,26,29). The Morgan fingerprint density at radius 2 is 1.97 bits per heavy atom. The summed E-state index contributed by atoms with van der Waals surface area (Å²) in [5.74, 6) is -2.67. The summed E-state index contributed by atoms with van der Waals surface area (Å²) in [6.45, 7) is 2.62. The number of aryl methyl sites for hydroxylation is 1. The van der Waals surface area contributed by atoms with E-state index >= 15 is 0 Å². The van der Waals surface area contributed by atoms with E-state index in [2.05, 4.69) is 10.3 Å². The third-order valence-corrected chi connectivity index (χ3v) is 5.91. The van der Waals surface area contributed by atoms with Gasteiger partial charge in [-0.15, -0.1) is 11.3 Å². The molecule has 0 spiro atoms. The zero-order valence-corrected chi connectivity index (χ0v) is 17.0. The third-order valence-electron chi connectivity index (χ3n) is 5.02. The molecule has 1 aliphatic rings. The summed E-state index contributed by atoms with van der Waals surface area (Å²) in [5.41, 5.74) is 1.94. The van der Waals surface area contributed by atoms with Gasteiger partial charge >= 0.3 is 0 Å². The lowest BCUT2D eigenvalue weighted by molar-refractivity contribution is -0.128. The first kappa shape index (κ1) is 20.2. The van der Waals surface area contributed by atoms with Gasteiger partial charge < -0.3 is 10.2 Å². The van der Waals surface area contributed by atoms with Crippen LogP contribution in [0.3, 0.4) is 0 Å². The predicted octanol–water partition coefficient (Wildman–Crippen LogP) is 4.38. The van der Waals surface area contributed by atoms with E-state index in [1.807, 2.05) is 30.3 Å². The van der Waals surface area contributed by atoms with E-state index in [4.69, 9.17) is 0 Å². The Morgan fingerprint density at radius 3 is 2.70 bits per heavy atom. The number of nitrogens with zero attached hydrogens (tertiary/aromatic N) is 2. The van der Waals surface area contributed by atoms with Crippen LogP contribution in [-0.2, 0) is 16.1 Å². The van der Waals surface area contributed by atoms with Gasteiger partial charge in [0.1, 0.15) is 0 Å². The molecule has 1 aliphatic heterocycles. The van der Waals surface area contributed by atoms with Crippen molar-refractivity contribution in [1.29, 1.82) is 0 Å². The molecule has 0 aliphatic carbocycles. The fraction of sp³-hybridized carbons (Fsp3) is 0.227. The first-order valence-corrected chi connectivity index (χ1v) is 10.3. The van der Waals surface area contributed by atoms with Gasteiger partial charge in [0.25, 0.3) is 0 Å². The number of hydrogen-bond donors (Lipinski definition) is 1. The molecule has 2 aromatic carbocycles. The number of hydrogen-bond acceptors (Lipinski definition) is 4. The lowest BCUT2D eigenvalue weighted by Gasteiger charge is -2.16. The number of carbonyl (C=O) groups is 2. The van der Waals surface area contributed by atoms with Gasteiger partial charge in [-0.2, -0.15) is 0 Å². The van der Waals surface area contributed by atoms with Crippen molar-refractivity contribution in [3.05, 3.63) is 70.6 Å². The largest absolute Gasteiger partial charge is 0.338 e. The molecule has 0 saturated carbocycles. The maximum absolute atomic E-state index is 13.5. The first-order chi connectivity index (χ1) is 14.4. The number of amides is 2. The number of thiazole rings is 1. The van der Waals surface area contributed by atoms with Crippen LogP contribution in [-0.4, -0.2) is 28.2 Å². The molecule has 3 aromatic rings. The van der Waals surface area contributed by atoms with Gasteiger partial charge in [-0.1, -0.05) is 30.3 Å². The van der Waals surface area contributed by atoms with E-state index in [-0.39, 0.29) is 18.2 Å². The van der Waals surface area contributed by atoms with E-state index in [1.165, 1.54) is 17.4 Å². The summed E-state index contributed by atoms with van der Waals surface area (Å²) >= 11 is 1.25. The topological polar surface area (TPSA) is 62.3 Å². The summed E-state index contributed by atoms with van der Waals surface area (Å²) in [5, 5.41) is 3.13. The lowest BCUT2D eigenvalue weighted by atomic mass is 10.1. The maximum atomic E-state index is 13.5. The Hall–Kier alpha value is -3.13. The first-order valence-electron chi connectivity index (χ1n) is 9.46. The maximum Gasteiger partial charge on any atom is 0.231 e. The molecule has 1 aromatic heterocycles. The minimum atomic E-state index is -0.950. The van der Waals surface area contributed by atoms with E-state index < -0.39 is 17.6 Å². The van der Waals surface area contributed by atoms with Gasteiger partial charge in [-0.05, 0) is 30.7 Å². The summed E-state index contributed by atoms with van der Waals surface area (Å²) in [6, 6.07) is 13.2. The molecule has 154 valence electrons. The zero-order chi connectivity index (χ0) is 21.3. The highest BCUT2D eigenvalue weighted by Crippen LogP contribution is 2.32. The third kappa shape index (κ3) is 4.23. The number of likely N-dealkylation sites (tertiary alicyclic amines) is 1. The highest BCUT2D eigenvalue weighted by molar-refractivity contribution is 7.16. The molecule has 1 saturated heterocycles. The van der Waals surface area contributed by atoms with Gasteiger partial charge in [-0.25, -0.2) is 13.8 Å². The van der Waals surface area contributed by atoms with Crippen molar-refractivity contribution in [3.8, 4) is 11.3 Å². The molecule has 2 amide bonds. The molecular weight excluding hydrogens is 408 g/mol. The molecule has 8 heteroatoms. The normalized spacial score (nSPS) is 16.2. The average molecular weight is 427 g/mol. The summed E-state index contributed by atoms with van der Waals surface area (Å²) in [6.07, 6.45) is 0.152. The molecule has 5 nitrogen and oxygen atoms in total. The van der Waals surface area contributed by atoms with Crippen LogP contribution in [0.5, 0.6) is 0 Å². The van der Waals surface area contributed by atoms with Crippen LogP contribution in [0.25, 0.3) is 11.3 Å². The monoisotopic (exact) mass is 427 g/mol. The van der Waals surface area contributed by atoms with Crippen LogP contribution in [0.15, 0.2) is 48.5 Å². The van der Waals surface area contributed by atoms with Crippen molar-refractivity contribution >= 4 is 28.3 Å². The van der Waals surface area contributed by atoms with Crippen LogP contribution >= 0.6 is 11.3 Å². The Morgan fingerprint density at radius 1 is 1.20 bits per heavy atom. The Bertz CT molecular complexity index is 1100. The van der Waals surface area contributed by atoms with Gasteiger partial charge in [0.05, 0.1) is 11.6 Å². The molecule has 1 atom stereocenters. The molecular formula is C22H19F2N3O2S. The number of rotatable bonds is 5. The van der Waals surface area contributed by atoms with Crippen molar-refractivity contribution in [3.63, 3.8) is 0 Å². The minimum Gasteiger partial charge on any atom is -0.338 e. The van der Waals surface area contributed by atoms with Crippen LogP contribution < -0.4 is 5.32 Å². The number of benzene rings is 2. The number of halogens is 2. The minimum absolute atomic E-state index is 0.0585. The Balaban J connectivity index is 1.43. The average Bonchev–Trinajstić information content (AvgIpc) is 3.27. The number of aromatic nitrogens is 1. The van der Waals surface area contributed by atoms with Crippen LogP contribution in [0.1, 0.15) is 16.9 Å².